The van der Waals surface area contributed by atoms with Crippen molar-refractivity contribution in [1.82, 2.24) is 19.8 Å². The molecule has 0 radical (unpaired) electrons. The number of anilines is 2. The number of halogens is 4. The first kappa shape index (κ1) is 34.0. The number of carbonyl (C=O) groups excluding carboxylic acids is 1. The molecule has 268 valence electrons. The number of fused-ring (bicyclic) bond motifs is 5. The van der Waals surface area contributed by atoms with Crippen LogP contribution in [0.2, 0.25) is 5.02 Å². The Morgan fingerprint density at radius 2 is 1.94 bits per heavy atom. The first-order valence-electron chi connectivity index (χ1n) is 17.2. The smallest absolute Gasteiger partial charge is 0.410 e. The fourth-order valence-electron chi connectivity index (χ4n) is 8.56. The Labute approximate surface area is 301 Å². The van der Waals surface area contributed by atoms with E-state index < -0.39 is 28.9 Å². The van der Waals surface area contributed by atoms with Gasteiger partial charge >= 0.3 is 12.1 Å². The molecule has 2 bridgehead atoms. The highest BCUT2D eigenvalue weighted by Gasteiger charge is 2.50. The van der Waals surface area contributed by atoms with Crippen LogP contribution in [0.25, 0.3) is 32.1 Å². The van der Waals surface area contributed by atoms with Crippen molar-refractivity contribution in [3.63, 3.8) is 0 Å². The minimum atomic E-state index is -0.960. The molecule has 15 heteroatoms. The Kier molecular flexibility index (Phi) is 8.20. The van der Waals surface area contributed by atoms with E-state index in [4.69, 9.17) is 31.8 Å². The van der Waals surface area contributed by atoms with Crippen LogP contribution in [-0.4, -0.2) is 88.0 Å². The number of hydrogen-bond donors (Lipinski definition) is 1. The van der Waals surface area contributed by atoms with Crippen molar-refractivity contribution in [2.45, 2.75) is 82.3 Å². The highest BCUT2D eigenvalue weighted by atomic mass is 35.5. The summed E-state index contributed by atoms with van der Waals surface area (Å²) in [7, 11) is 0. The molecule has 10 nitrogen and oxygen atoms in total. The third-order valence-corrected chi connectivity index (χ3v) is 12.0. The summed E-state index contributed by atoms with van der Waals surface area (Å²) in [5.41, 5.74) is 5.04. The number of alkyl halides is 1. The van der Waals surface area contributed by atoms with Gasteiger partial charge in [-0.3, -0.25) is 9.80 Å². The Morgan fingerprint density at radius 1 is 1.20 bits per heavy atom. The molecule has 6 heterocycles. The van der Waals surface area contributed by atoms with E-state index in [9.17, 15) is 18.8 Å². The molecule has 4 atom stereocenters. The number of hydrogen-bond acceptors (Lipinski definition) is 10. The molecule has 4 saturated heterocycles. The lowest BCUT2D eigenvalue weighted by Crippen LogP contribution is -2.57. The number of nitrogens with two attached hydrogens (primary N) is 1. The molecule has 51 heavy (non-hydrogen) atoms. The van der Waals surface area contributed by atoms with Gasteiger partial charge in [-0.25, -0.2) is 18.0 Å². The number of rotatable bonds is 5. The molecule has 2 N–H and O–H groups in total. The zero-order chi connectivity index (χ0) is 36.0. The molecule has 0 saturated carbocycles. The molecule has 2 aromatic carbocycles. The molecular weight excluding hydrogens is 703 g/mol. The Bertz CT molecular complexity index is 2120. The van der Waals surface area contributed by atoms with Crippen LogP contribution in [0.5, 0.6) is 6.01 Å². The molecule has 4 aromatic rings. The summed E-state index contributed by atoms with van der Waals surface area (Å²) in [5, 5.41) is 10.5. The Morgan fingerprint density at radius 3 is 2.65 bits per heavy atom. The van der Waals surface area contributed by atoms with Crippen LogP contribution in [0.15, 0.2) is 18.2 Å². The summed E-state index contributed by atoms with van der Waals surface area (Å²) in [4.78, 5) is 28.6. The van der Waals surface area contributed by atoms with Crippen LogP contribution in [-0.2, 0) is 4.74 Å². The zero-order valence-corrected chi connectivity index (χ0v) is 30.0. The second-order valence-corrected chi connectivity index (χ2v) is 16.5. The third-order valence-electron chi connectivity index (χ3n) is 10.7. The molecule has 2 aromatic heterocycles. The van der Waals surface area contributed by atoms with Gasteiger partial charge in [0, 0.05) is 42.4 Å². The average Bonchev–Trinajstić information content (AvgIpc) is 3.78. The number of benzene rings is 2. The third kappa shape index (κ3) is 5.68. The fourth-order valence-corrected chi connectivity index (χ4v) is 9.80. The summed E-state index contributed by atoms with van der Waals surface area (Å²) in [6.07, 6.45) is 2.22. The number of aromatic nitrogens is 2. The lowest BCUT2D eigenvalue weighted by Gasteiger charge is -2.42. The minimum absolute atomic E-state index is 0.0101. The van der Waals surface area contributed by atoms with Gasteiger partial charge in [0.2, 0.25) is 0 Å². The van der Waals surface area contributed by atoms with Crippen LogP contribution < -0.4 is 15.4 Å². The van der Waals surface area contributed by atoms with Crippen molar-refractivity contribution >= 4 is 60.8 Å². The van der Waals surface area contributed by atoms with E-state index in [0.717, 1.165) is 43.6 Å². The number of piperazine rings is 1. The van der Waals surface area contributed by atoms with Gasteiger partial charge in [0.05, 0.1) is 32.9 Å². The van der Waals surface area contributed by atoms with Crippen LogP contribution in [0, 0.1) is 23.0 Å². The van der Waals surface area contributed by atoms with Crippen LogP contribution in [0.1, 0.15) is 58.4 Å². The van der Waals surface area contributed by atoms with E-state index in [1.54, 1.807) is 11.0 Å². The van der Waals surface area contributed by atoms with Gasteiger partial charge in [-0.15, -0.1) is 11.3 Å². The standard InChI is InChI=1S/C36H37ClF3N7O3S/c1-35(2,3)50-34(48)47-19-5-6-20(47)16-45(15-19)32-22-11-24(37)27(21-7-8-25(39)30-26(21)23(13-41)31(42)51-30)28(40)29(22)43-33(44-32)49-17-36-9-4-10-46(36)14-18(38)12-36/h7-8,11,18-20H,4-6,9-10,12,14-17,42H2,1-3H3/t18-,19-,20+,36+/m1/s1. The topological polar surface area (TPSA) is 121 Å². The summed E-state index contributed by atoms with van der Waals surface area (Å²) >= 11 is 7.80. The second-order valence-electron chi connectivity index (χ2n) is 15.1. The quantitative estimate of drug-likeness (QED) is 0.223. The summed E-state index contributed by atoms with van der Waals surface area (Å²) in [6.45, 7) is 7.56. The zero-order valence-electron chi connectivity index (χ0n) is 28.4. The molecule has 8 rings (SSSR count). The molecule has 4 fully saturated rings. The van der Waals surface area contributed by atoms with Gasteiger partial charge in [-0.05, 0) is 70.7 Å². The maximum atomic E-state index is 17.1. The number of nitrogen functional groups attached to an aromatic ring is 1. The number of amides is 1. The van der Waals surface area contributed by atoms with E-state index in [-0.39, 0.29) is 73.1 Å². The van der Waals surface area contributed by atoms with E-state index in [1.807, 2.05) is 31.7 Å². The van der Waals surface area contributed by atoms with E-state index in [0.29, 0.717) is 37.3 Å². The van der Waals surface area contributed by atoms with Crippen molar-refractivity contribution in [3.8, 4) is 23.2 Å². The van der Waals surface area contributed by atoms with Gasteiger partial charge in [0.15, 0.2) is 5.82 Å². The van der Waals surface area contributed by atoms with Gasteiger partial charge in [0.25, 0.3) is 0 Å². The predicted molar refractivity (Wildman–Crippen MR) is 190 cm³/mol. The number of thiophene rings is 1. The average molecular weight is 740 g/mol. The van der Waals surface area contributed by atoms with Crippen LogP contribution >= 0.6 is 22.9 Å². The van der Waals surface area contributed by atoms with Crippen molar-refractivity contribution in [2.75, 3.05) is 43.4 Å². The molecule has 0 spiro atoms. The van der Waals surface area contributed by atoms with Crippen molar-refractivity contribution < 1.29 is 27.4 Å². The number of nitriles is 1. The van der Waals surface area contributed by atoms with Gasteiger partial charge in [0.1, 0.15) is 46.6 Å². The van der Waals surface area contributed by atoms with Gasteiger partial charge < -0.3 is 20.1 Å². The van der Waals surface area contributed by atoms with Crippen molar-refractivity contribution in [3.05, 3.63) is 40.4 Å². The Hall–Kier alpha value is -4.06. The number of ether oxygens (including phenoxy) is 2. The predicted octanol–water partition coefficient (Wildman–Crippen LogP) is 7.44. The molecule has 0 unspecified atom stereocenters. The van der Waals surface area contributed by atoms with Crippen LogP contribution in [0.4, 0.5) is 28.8 Å². The van der Waals surface area contributed by atoms with E-state index >= 15 is 4.39 Å². The molecule has 0 aliphatic carbocycles. The first-order chi connectivity index (χ1) is 24.3. The molecule has 1 amide bonds. The highest BCUT2D eigenvalue weighted by Crippen LogP contribution is 2.47. The van der Waals surface area contributed by atoms with Crippen molar-refractivity contribution in [1.29, 1.82) is 5.26 Å². The lowest BCUT2D eigenvalue weighted by molar-refractivity contribution is 0.0122. The molecule has 4 aliphatic rings. The van der Waals surface area contributed by atoms with Crippen LogP contribution in [0.3, 0.4) is 0 Å². The normalized spacial score (nSPS) is 24.8. The molecule has 4 aliphatic heterocycles. The number of carbonyl (C=O) groups is 1. The number of nitrogens with zero attached hydrogens (tertiary/aromatic N) is 6. The fraction of sp³-hybridized carbons (Fsp3) is 0.500. The van der Waals surface area contributed by atoms with E-state index in [2.05, 4.69) is 9.88 Å². The first-order valence-corrected chi connectivity index (χ1v) is 18.4. The minimum Gasteiger partial charge on any atom is -0.461 e. The lowest BCUT2D eigenvalue weighted by atomic mass is 9.95. The van der Waals surface area contributed by atoms with E-state index in [1.165, 1.54) is 12.1 Å². The maximum Gasteiger partial charge on any atom is 0.410 e. The summed E-state index contributed by atoms with van der Waals surface area (Å²) in [6, 6.07) is 5.78. The monoisotopic (exact) mass is 739 g/mol. The largest absolute Gasteiger partial charge is 0.461 e. The SMILES string of the molecule is CC(C)(C)OC(=O)N1[C@@H]2CC[C@H]1CN(c1nc(OC[C@@]34CCCN3C[C@H](F)C4)nc3c(F)c(-c4ccc(F)c5sc(N)c(C#N)c45)c(Cl)cc13)C2. The van der Waals surface area contributed by atoms with Gasteiger partial charge in [-0.2, -0.15) is 15.2 Å². The highest BCUT2D eigenvalue weighted by molar-refractivity contribution is 7.23. The van der Waals surface area contributed by atoms with Gasteiger partial charge in [-0.1, -0.05) is 17.7 Å². The second kappa shape index (κ2) is 12.3. The van der Waals surface area contributed by atoms with Crippen molar-refractivity contribution in [2.24, 2.45) is 0 Å². The summed E-state index contributed by atoms with van der Waals surface area (Å²) < 4.78 is 58.8. The Balaban J connectivity index is 1.24. The summed E-state index contributed by atoms with van der Waals surface area (Å²) in [5.74, 6) is -0.999. The maximum absolute atomic E-state index is 17.1. The molecular formula is C36H37ClF3N7O3S.